The summed E-state index contributed by atoms with van der Waals surface area (Å²) in [4.78, 5) is 77.8. The number of aliphatic hydroxyl groups excluding tert-OH is 1. The predicted octanol–water partition coefficient (Wildman–Crippen LogP) is 12.9. The van der Waals surface area contributed by atoms with Gasteiger partial charge in [0.25, 0.3) is 0 Å². The Hall–Kier alpha value is -3.26. The smallest absolute Gasteiger partial charge is 0.305 e. The molecule has 0 aromatic carbocycles. The second-order valence-corrected chi connectivity index (χ2v) is 20.1. The van der Waals surface area contributed by atoms with E-state index >= 15 is 0 Å². The van der Waals surface area contributed by atoms with E-state index in [1.165, 1.54) is 0 Å². The van der Waals surface area contributed by atoms with Gasteiger partial charge < -0.3 is 38.4 Å². The van der Waals surface area contributed by atoms with Crippen LogP contribution in [-0.4, -0.2) is 112 Å². The fourth-order valence-corrected chi connectivity index (χ4v) is 8.18. The zero-order valence-corrected chi connectivity index (χ0v) is 46.5. The summed E-state index contributed by atoms with van der Waals surface area (Å²) < 4.78 is 33.3. The molecule has 0 spiro atoms. The van der Waals surface area contributed by atoms with Gasteiger partial charge in [-0.2, -0.15) is 0 Å². The van der Waals surface area contributed by atoms with Crippen LogP contribution in [-0.2, 0) is 57.2 Å². The molecule has 0 heterocycles. The molecule has 422 valence electrons. The van der Waals surface area contributed by atoms with E-state index in [0.717, 1.165) is 199 Å². The summed E-state index contributed by atoms with van der Waals surface area (Å²) in [7, 11) is 0. The largest absolute Gasteiger partial charge is 0.465 e. The van der Waals surface area contributed by atoms with Gasteiger partial charge >= 0.3 is 35.8 Å². The third-order valence-corrected chi connectivity index (χ3v) is 12.9. The monoisotopic (exact) mass is 1030 g/mol. The number of nitrogens with zero attached hydrogens (tertiary/aromatic N) is 1. The lowest BCUT2D eigenvalue weighted by Gasteiger charge is -2.22. The highest BCUT2D eigenvalue weighted by molar-refractivity contribution is 5.71. The number of hydrogen-bond donors (Lipinski definition) is 1. The Bertz CT molecular complexity index is 1160. The first-order valence-electron chi connectivity index (χ1n) is 29.3. The lowest BCUT2D eigenvalue weighted by molar-refractivity contribution is -0.156. The minimum Gasteiger partial charge on any atom is -0.465 e. The van der Waals surface area contributed by atoms with Crippen LogP contribution >= 0.6 is 0 Å². The lowest BCUT2D eigenvalue weighted by atomic mass is 10.1. The number of aliphatic hydroxyl groups is 1. The molecular formula is C58H107NO13. The molecule has 0 amide bonds. The van der Waals surface area contributed by atoms with E-state index in [4.69, 9.17) is 28.4 Å². The fraction of sp³-hybridized carbons (Fsp3) is 0.897. The van der Waals surface area contributed by atoms with Crippen LogP contribution in [0.25, 0.3) is 0 Å². The molecule has 0 fully saturated rings. The van der Waals surface area contributed by atoms with Crippen molar-refractivity contribution in [3.63, 3.8) is 0 Å². The van der Waals surface area contributed by atoms with Gasteiger partial charge in [-0.3, -0.25) is 28.8 Å². The molecule has 0 saturated heterocycles. The van der Waals surface area contributed by atoms with Crippen LogP contribution in [0.2, 0.25) is 0 Å². The molecule has 0 aromatic rings. The van der Waals surface area contributed by atoms with E-state index in [-0.39, 0.29) is 94.9 Å². The maximum absolute atomic E-state index is 12.8. The Morgan fingerprint density at radius 1 is 0.292 bits per heavy atom. The Morgan fingerprint density at radius 3 is 0.708 bits per heavy atom. The van der Waals surface area contributed by atoms with E-state index < -0.39 is 11.8 Å². The minimum absolute atomic E-state index is 0.0155. The summed E-state index contributed by atoms with van der Waals surface area (Å²) in [6.45, 7) is 11.7. The topological polar surface area (TPSA) is 181 Å². The van der Waals surface area contributed by atoms with Crippen molar-refractivity contribution in [2.45, 2.75) is 259 Å². The summed E-state index contributed by atoms with van der Waals surface area (Å²) in [5, 5.41) is 9.22. The highest BCUT2D eigenvalue weighted by atomic mass is 16.6. The molecule has 0 atom stereocenters. The molecule has 1 N–H and O–H groups in total. The van der Waals surface area contributed by atoms with E-state index in [9.17, 15) is 33.9 Å². The van der Waals surface area contributed by atoms with Crippen LogP contribution < -0.4 is 0 Å². The SMILES string of the molecule is CCCCCCCC(=O)OCC(COC(=O)CCCCCCC)COC(=O)CCCCCN(CCCCCCO)CCCCCC(=O)OCC(COC(=O)CCCCCCC)COC(=O)CCCCCCC. The van der Waals surface area contributed by atoms with Crippen LogP contribution in [0.1, 0.15) is 259 Å². The summed E-state index contributed by atoms with van der Waals surface area (Å²) in [6.07, 6.45) is 31.3. The van der Waals surface area contributed by atoms with E-state index in [1.54, 1.807) is 0 Å². The number of hydrogen-bond acceptors (Lipinski definition) is 14. The van der Waals surface area contributed by atoms with Gasteiger partial charge in [0.2, 0.25) is 0 Å². The van der Waals surface area contributed by atoms with Crippen LogP contribution in [0, 0.1) is 11.8 Å². The van der Waals surface area contributed by atoms with Crippen molar-refractivity contribution in [2.24, 2.45) is 11.8 Å². The molecule has 0 saturated carbocycles. The number of esters is 6. The quantitative estimate of drug-likeness (QED) is 0.0345. The highest BCUT2D eigenvalue weighted by Gasteiger charge is 2.20. The summed E-state index contributed by atoms with van der Waals surface area (Å²) >= 11 is 0. The molecule has 72 heavy (non-hydrogen) atoms. The zero-order chi connectivity index (χ0) is 53.0. The number of ether oxygens (including phenoxy) is 6. The first kappa shape index (κ1) is 68.7. The Kier molecular flexibility index (Phi) is 50.2. The van der Waals surface area contributed by atoms with Gasteiger partial charge in [0.05, 0.1) is 11.8 Å². The van der Waals surface area contributed by atoms with Gasteiger partial charge in [-0.15, -0.1) is 0 Å². The molecule has 0 unspecified atom stereocenters. The number of carbonyl (C=O) groups is 6. The van der Waals surface area contributed by atoms with Gasteiger partial charge in [-0.05, 0) is 83.8 Å². The lowest BCUT2D eigenvalue weighted by Crippen LogP contribution is -2.27. The third kappa shape index (κ3) is 47.7. The standard InChI is InChI=1S/C58H107NO13/c1-5-9-13-17-25-35-53(61)67-45-51(46-68-54(62)36-26-18-14-10-6-2)49-71-57(65)39-29-23-32-42-59(41-31-21-22-34-44-60)43-33-24-30-40-58(66)72-50-52(47-69-55(63)37-27-19-15-11-7-3)48-70-56(64)38-28-20-16-12-8-4/h51-52,60H,5-50H2,1-4H3. The van der Waals surface area contributed by atoms with Crippen molar-refractivity contribution in [1.82, 2.24) is 4.90 Å². The van der Waals surface area contributed by atoms with Gasteiger partial charge in [-0.1, -0.05) is 156 Å². The van der Waals surface area contributed by atoms with E-state index in [2.05, 4.69) is 32.6 Å². The Labute approximate surface area is 438 Å². The van der Waals surface area contributed by atoms with Crippen LogP contribution in [0.15, 0.2) is 0 Å². The molecular weight excluding hydrogens is 919 g/mol. The molecule has 0 aliphatic rings. The van der Waals surface area contributed by atoms with Gasteiger partial charge in [-0.25, -0.2) is 0 Å². The van der Waals surface area contributed by atoms with Crippen molar-refractivity contribution in [3.05, 3.63) is 0 Å². The fourth-order valence-electron chi connectivity index (χ4n) is 8.18. The zero-order valence-electron chi connectivity index (χ0n) is 46.5. The maximum Gasteiger partial charge on any atom is 0.305 e. The second-order valence-electron chi connectivity index (χ2n) is 20.1. The third-order valence-electron chi connectivity index (χ3n) is 12.9. The normalized spacial score (nSPS) is 11.3. The summed E-state index contributed by atoms with van der Waals surface area (Å²) in [5.74, 6) is -2.65. The number of unbranched alkanes of at least 4 members (excludes halogenated alkanes) is 23. The van der Waals surface area contributed by atoms with Crippen molar-refractivity contribution in [1.29, 1.82) is 0 Å². The maximum atomic E-state index is 12.8. The Balaban J connectivity index is 4.94. The van der Waals surface area contributed by atoms with E-state index in [0.29, 0.717) is 38.5 Å². The molecule has 0 bridgehead atoms. The molecule has 14 nitrogen and oxygen atoms in total. The molecule has 14 heteroatoms. The molecule has 0 aromatic heterocycles. The number of rotatable bonds is 54. The van der Waals surface area contributed by atoms with Gasteiger partial charge in [0.15, 0.2) is 0 Å². The van der Waals surface area contributed by atoms with Crippen molar-refractivity contribution in [2.75, 3.05) is 65.9 Å². The van der Waals surface area contributed by atoms with Gasteiger partial charge in [0.1, 0.15) is 39.6 Å². The van der Waals surface area contributed by atoms with Crippen LogP contribution in [0.4, 0.5) is 0 Å². The highest BCUT2D eigenvalue weighted by Crippen LogP contribution is 2.15. The first-order valence-corrected chi connectivity index (χ1v) is 29.3. The molecule has 0 rings (SSSR count). The van der Waals surface area contributed by atoms with Crippen LogP contribution in [0.5, 0.6) is 0 Å². The van der Waals surface area contributed by atoms with Crippen LogP contribution in [0.3, 0.4) is 0 Å². The molecule has 0 radical (unpaired) electrons. The van der Waals surface area contributed by atoms with E-state index in [1.807, 2.05) is 0 Å². The molecule has 0 aliphatic heterocycles. The number of carbonyl (C=O) groups excluding carboxylic acids is 6. The predicted molar refractivity (Wildman–Crippen MR) is 285 cm³/mol. The molecule has 0 aliphatic carbocycles. The average molecular weight is 1030 g/mol. The first-order chi connectivity index (χ1) is 35.1. The van der Waals surface area contributed by atoms with Crippen molar-refractivity contribution >= 4 is 35.8 Å². The summed E-state index contributed by atoms with van der Waals surface area (Å²) in [6, 6.07) is 0. The van der Waals surface area contributed by atoms with Gasteiger partial charge in [0, 0.05) is 45.1 Å². The average Bonchev–Trinajstić information content (AvgIpc) is 3.37. The second kappa shape index (κ2) is 52.6. The van der Waals surface area contributed by atoms with Crippen molar-refractivity contribution in [3.8, 4) is 0 Å². The van der Waals surface area contributed by atoms with Crippen molar-refractivity contribution < 1.29 is 62.3 Å². The Morgan fingerprint density at radius 2 is 0.486 bits per heavy atom. The summed E-state index contributed by atoms with van der Waals surface area (Å²) in [5.41, 5.74) is 0. The minimum atomic E-state index is -0.430.